The molecule has 0 bridgehead atoms. The number of rotatable bonds is 3. The van der Waals surface area contributed by atoms with E-state index in [-0.39, 0.29) is 0 Å². The molecule has 5 heteroatoms. The fourth-order valence-corrected chi connectivity index (χ4v) is 2.44. The highest BCUT2D eigenvalue weighted by Gasteiger charge is 2.31. The molecule has 1 aromatic carbocycles. The highest BCUT2D eigenvalue weighted by molar-refractivity contribution is 5.84. The van der Waals surface area contributed by atoms with Crippen LogP contribution in [0.4, 0.5) is 10.5 Å². The first-order chi connectivity index (χ1) is 9.76. The Morgan fingerprint density at radius 2 is 2.24 bits per heavy atom. The fourth-order valence-electron chi connectivity index (χ4n) is 2.44. The molecule has 2 rings (SSSR count). The van der Waals surface area contributed by atoms with Gasteiger partial charge in [0, 0.05) is 18.7 Å². The zero-order chi connectivity index (χ0) is 15.5. The van der Waals surface area contributed by atoms with E-state index >= 15 is 0 Å². The van der Waals surface area contributed by atoms with Gasteiger partial charge in [-0.3, -0.25) is 5.32 Å². The Labute approximate surface area is 125 Å². The van der Waals surface area contributed by atoms with Crippen molar-refractivity contribution in [3.05, 3.63) is 29.8 Å². The van der Waals surface area contributed by atoms with E-state index in [1.165, 1.54) is 0 Å². The zero-order valence-electron chi connectivity index (χ0n) is 12.9. The molecule has 1 fully saturated rings. The maximum absolute atomic E-state index is 11.8. The second kappa shape index (κ2) is 6.03. The van der Waals surface area contributed by atoms with Crippen LogP contribution in [0.3, 0.4) is 0 Å². The molecule has 1 unspecified atom stereocenters. The van der Waals surface area contributed by atoms with Crippen LogP contribution in [-0.4, -0.2) is 35.5 Å². The third-order valence-electron chi connectivity index (χ3n) is 3.33. The van der Waals surface area contributed by atoms with Crippen LogP contribution in [0.1, 0.15) is 32.8 Å². The van der Waals surface area contributed by atoms with Crippen LogP contribution in [-0.2, 0) is 11.2 Å². The van der Waals surface area contributed by atoms with Crippen molar-refractivity contribution in [3.8, 4) is 0 Å². The number of aliphatic hydroxyl groups is 1. The van der Waals surface area contributed by atoms with Crippen LogP contribution in [0, 0.1) is 0 Å². The van der Waals surface area contributed by atoms with E-state index < -0.39 is 17.3 Å². The van der Waals surface area contributed by atoms with Gasteiger partial charge < -0.3 is 15.2 Å². The van der Waals surface area contributed by atoms with Crippen molar-refractivity contribution in [2.75, 3.05) is 18.4 Å². The van der Waals surface area contributed by atoms with Crippen LogP contribution in [0.15, 0.2) is 24.3 Å². The topological polar surface area (TPSA) is 70.6 Å². The van der Waals surface area contributed by atoms with Gasteiger partial charge in [-0.2, -0.15) is 0 Å². The molecule has 0 radical (unpaired) electrons. The number of anilines is 1. The summed E-state index contributed by atoms with van der Waals surface area (Å²) in [6, 6.07) is 7.51. The number of hydrogen-bond acceptors (Lipinski definition) is 4. The summed E-state index contributed by atoms with van der Waals surface area (Å²) in [5.41, 5.74) is 0.461. The second-order valence-electron chi connectivity index (χ2n) is 6.66. The van der Waals surface area contributed by atoms with Crippen LogP contribution >= 0.6 is 0 Å². The molecule has 0 spiro atoms. The minimum absolute atomic E-state index is 0.471. The lowest BCUT2D eigenvalue weighted by Gasteiger charge is -2.22. The number of ether oxygens (including phenoxy) is 1. The molecule has 0 aromatic heterocycles. The molecule has 0 aliphatic carbocycles. The van der Waals surface area contributed by atoms with E-state index in [4.69, 9.17) is 4.74 Å². The summed E-state index contributed by atoms with van der Waals surface area (Å²) >= 11 is 0. The summed E-state index contributed by atoms with van der Waals surface area (Å²) in [6.45, 7) is 6.92. The maximum atomic E-state index is 11.8. The first-order valence-corrected chi connectivity index (χ1v) is 7.28. The van der Waals surface area contributed by atoms with Gasteiger partial charge in [0.2, 0.25) is 0 Å². The fraction of sp³-hybridized carbons (Fsp3) is 0.562. The molecular weight excluding hydrogens is 268 g/mol. The Morgan fingerprint density at radius 3 is 2.86 bits per heavy atom. The summed E-state index contributed by atoms with van der Waals surface area (Å²) < 4.78 is 5.23. The molecule has 21 heavy (non-hydrogen) atoms. The molecule has 3 N–H and O–H groups in total. The van der Waals surface area contributed by atoms with E-state index in [0.29, 0.717) is 18.7 Å². The van der Waals surface area contributed by atoms with Gasteiger partial charge in [0.25, 0.3) is 0 Å². The molecule has 1 saturated heterocycles. The molecule has 5 nitrogen and oxygen atoms in total. The summed E-state index contributed by atoms with van der Waals surface area (Å²) in [7, 11) is 0. The molecule has 1 aliphatic rings. The smallest absolute Gasteiger partial charge is 0.412 e. The minimum atomic E-state index is -0.690. The lowest BCUT2D eigenvalue weighted by molar-refractivity contribution is 0.0618. The Morgan fingerprint density at radius 1 is 1.48 bits per heavy atom. The minimum Gasteiger partial charge on any atom is -0.444 e. The van der Waals surface area contributed by atoms with Gasteiger partial charge >= 0.3 is 6.09 Å². The largest absolute Gasteiger partial charge is 0.444 e. The van der Waals surface area contributed by atoms with E-state index in [9.17, 15) is 9.90 Å². The van der Waals surface area contributed by atoms with Crippen molar-refractivity contribution in [2.24, 2.45) is 0 Å². The molecule has 116 valence electrons. The first kappa shape index (κ1) is 15.8. The molecular formula is C16H24N2O3. The van der Waals surface area contributed by atoms with Crippen LogP contribution in [0.25, 0.3) is 0 Å². The molecule has 1 aliphatic heterocycles. The molecule has 1 heterocycles. The van der Waals surface area contributed by atoms with Crippen molar-refractivity contribution in [1.29, 1.82) is 0 Å². The maximum Gasteiger partial charge on any atom is 0.412 e. The highest BCUT2D eigenvalue weighted by atomic mass is 16.6. The predicted molar refractivity (Wildman–Crippen MR) is 82.4 cm³/mol. The average Bonchev–Trinajstić information content (AvgIpc) is 2.73. The average molecular weight is 292 g/mol. The Hall–Kier alpha value is -1.59. The highest BCUT2D eigenvalue weighted by Crippen LogP contribution is 2.22. The number of hydrogen-bond donors (Lipinski definition) is 3. The van der Waals surface area contributed by atoms with E-state index in [1.54, 1.807) is 0 Å². The SMILES string of the molecule is CC(C)(C)OC(=O)Nc1cccc(CC2(O)CCNC2)c1. The van der Waals surface area contributed by atoms with E-state index in [1.807, 2.05) is 45.0 Å². The van der Waals surface area contributed by atoms with Gasteiger partial charge in [-0.05, 0) is 51.4 Å². The number of amides is 1. The number of carbonyl (C=O) groups excluding carboxylic acids is 1. The van der Waals surface area contributed by atoms with Crippen LogP contribution in [0.5, 0.6) is 0 Å². The molecule has 0 saturated carbocycles. The normalized spacial score (nSPS) is 22.1. The summed E-state index contributed by atoms with van der Waals surface area (Å²) in [5.74, 6) is 0. The van der Waals surface area contributed by atoms with E-state index in [2.05, 4.69) is 10.6 Å². The van der Waals surface area contributed by atoms with E-state index in [0.717, 1.165) is 18.5 Å². The number of β-amino-alcohol motifs (C(OH)–C–C–N with tert-alkyl or cyclic N) is 1. The number of benzene rings is 1. The van der Waals surface area contributed by atoms with Gasteiger partial charge in [-0.25, -0.2) is 4.79 Å². The Bertz CT molecular complexity index is 502. The summed E-state index contributed by atoms with van der Waals surface area (Å²) in [4.78, 5) is 11.8. The summed E-state index contributed by atoms with van der Waals surface area (Å²) in [6.07, 6.45) is 0.849. The van der Waals surface area contributed by atoms with Crippen molar-refractivity contribution < 1.29 is 14.6 Å². The number of nitrogens with one attached hydrogen (secondary N) is 2. The van der Waals surface area contributed by atoms with Crippen molar-refractivity contribution in [2.45, 2.75) is 44.8 Å². The second-order valence-corrected chi connectivity index (χ2v) is 6.66. The standard InChI is InChI=1S/C16H24N2O3/c1-15(2,3)21-14(19)18-13-6-4-5-12(9-13)10-16(20)7-8-17-11-16/h4-6,9,17,20H,7-8,10-11H2,1-3H3,(H,18,19). The van der Waals surface area contributed by atoms with Crippen LogP contribution < -0.4 is 10.6 Å². The van der Waals surface area contributed by atoms with Gasteiger partial charge in [-0.15, -0.1) is 0 Å². The van der Waals surface area contributed by atoms with Gasteiger partial charge in [0.05, 0.1) is 5.60 Å². The molecule has 1 aromatic rings. The lowest BCUT2D eigenvalue weighted by atomic mass is 9.93. The Kier molecular flexibility index (Phi) is 4.54. The Balaban J connectivity index is 1.99. The first-order valence-electron chi connectivity index (χ1n) is 7.28. The van der Waals surface area contributed by atoms with Crippen molar-refractivity contribution in [1.82, 2.24) is 5.32 Å². The predicted octanol–water partition coefficient (Wildman–Crippen LogP) is 2.30. The third-order valence-corrected chi connectivity index (χ3v) is 3.33. The molecule has 1 amide bonds. The zero-order valence-corrected chi connectivity index (χ0v) is 12.9. The van der Waals surface area contributed by atoms with Crippen molar-refractivity contribution >= 4 is 11.8 Å². The number of carbonyl (C=O) groups is 1. The third kappa shape index (κ3) is 5.02. The lowest BCUT2D eigenvalue weighted by Crippen LogP contribution is -2.33. The molecule has 1 atom stereocenters. The van der Waals surface area contributed by atoms with Gasteiger partial charge in [-0.1, -0.05) is 12.1 Å². The van der Waals surface area contributed by atoms with Crippen molar-refractivity contribution in [3.63, 3.8) is 0 Å². The van der Waals surface area contributed by atoms with Gasteiger partial charge in [0.1, 0.15) is 5.60 Å². The van der Waals surface area contributed by atoms with Crippen LogP contribution in [0.2, 0.25) is 0 Å². The quantitative estimate of drug-likeness (QED) is 0.799. The summed E-state index contributed by atoms with van der Waals surface area (Å²) in [5, 5.41) is 16.3. The van der Waals surface area contributed by atoms with Gasteiger partial charge in [0.15, 0.2) is 0 Å². The monoisotopic (exact) mass is 292 g/mol.